The fourth-order valence-electron chi connectivity index (χ4n) is 4.05. The first-order valence-corrected chi connectivity index (χ1v) is 11.5. The van der Waals surface area contributed by atoms with Crippen LogP contribution in [0, 0.1) is 0 Å². The first-order valence-electron chi connectivity index (χ1n) is 10.0. The van der Waals surface area contributed by atoms with E-state index in [2.05, 4.69) is 4.74 Å². The molecule has 0 N–H and O–H groups in total. The van der Waals surface area contributed by atoms with E-state index in [9.17, 15) is 18.0 Å². The molecule has 8 heteroatoms. The first-order chi connectivity index (χ1) is 14.4. The van der Waals surface area contributed by atoms with Crippen molar-refractivity contribution in [2.24, 2.45) is 0 Å². The van der Waals surface area contributed by atoms with Crippen molar-refractivity contribution in [1.29, 1.82) is 0 Å². The highest BCUT2D eigenvalue weighted by Crippen LogP contribution is 2.32. The second-order valence-electron chi connectivity index (χ2n) is 7.53. The average Bonchev–Trinajstić information content (AvgIpc) is 3.33. The van der Waals surface area contributed by atoms with Gasteiger partial charge in [0.2, 0.25) is 10.0 Å². The fraction of sp³-hybridized carbons (Fsp3) is 0.364. The minimum atomic E-state index is -3.49. The number of benzene rings is 2. The van der Waals surface area contributed by atoms with Crippen molar-refractivity contribution in [2.45, 2.75) is 30.6 Å². The Balaban J connectivity index is 1.61. The Labute approximate surface area is 176 Å². The molecule has 0 radical (unpaired) electrons. The van der Waals surface area contributed by atoms with E-state index in [1.54, 1.807) is 47.4 Å². The molecule has 2 aliphatic rings. The summed E-state index contributed by atoms with van der Waals surface area (Å²) in [4.78, 5) is 26.7. The number of ether oxygens (including phenoxy) is 1. The van der Waals surface area contributed by atoms with E-state index in [4.69, 9.17) is 0 Å². The number of amides is 1. The number of esters is 1. The van der Waals surface area contributed by atoms with Crippen LogP contribution in [0.5, 0.6) is 0 Å². The molecule has 4 rings (SSSR count). The molecule has 158 valence electrons. The summed E-state index contributed by atoms with van der Waals surface area (Å²) in [6.07, 6.45) is 3.26. The molecule has 7 nitrogen and oxygen atoms in total. The van der Waals surface area contributed by atoms with Gasteiger partial charge in [0.25, 0.3) is 5.91 Å². The Bertz CT molecular complexity index is 1070. The van der Waals surface area contributed by atoms with Crippen molar-refractivity contribution in [3.63, 3.8) is 0 Å². The largest absolute Gasteiger partial charge is 0.465 e. The van der Waals surface area contributed by atoms with Gasteiger partial charge in [0, 0.05) is 30.9 Å². The van der Waals surface area contributed by atoms with Crippen molar-refractivity contribution in [3.05, 3.63) is 59.2 Å². The Kier molecular flexibility index (Phi) is 5.62. The van der Waals surface area contributed by atoms with Crippen LogP contribution in [0.25, 0.3) is 0 Å². The van der Waals surface area contributed by atoms with E-state index in [-0.39, 0.29) is 5.91 Å². The number of anilines is 1. The number of carbonyl (C=O) groups excluding carboxylic acids is 2. The predicted molar refractivity (Wildman–Crippen MR) is 112 cm³/mol. The van der Waals surface area contributed by atoms with Crippen molar-refractivity contribution >= 4 is 27.6 Å². The maximum atomic E-state index is 13.1. The van der Waals surface area contributed by atoms with Gasteiger partial charge in [0.15, 0.2) is 0 Å². The molecule has 1 amide bonds. The lowest BCUT2D eigenvalue weighted by Gasteiger charge is -2.30. The van der Waals surface area contributed by atoms with Crippen LogP contribution in [-0.2, 0) is 21.2 Å². The van der Waals surface area contributed by atoms with Crippen LogP contribution in [0.3, 0.4) is 0 Å². The molecule has 30 heavy (non-hydrogen) atoms. The topological polar surface area (TPSA) is 84.0 Å². The van der Waals surface area contributed by atoms with E-state index < -0.39 is 16.0 Å². The highest BCUT2D eigenvalue weighted by Gasteiger charge is 2.30. The number of hydrogen-bond donors (Lipinski definition) is 0. The van der Waals surface area contributed by atoms with E-state index >= 15 is 0 Å². The highest BCUT2D eigenvalue weighted by molar-refractivity contribution is 7.89. The van der Waals surface area contributed by atoms with Crippen molar-refractivity contribution in [3.8, 4) is 0 Å². The first kappa shape index (κ1) is 20.6. The van der Waals surface area contributed by atoms with E-state index in [1.807, 2.05) is 0 Å². The molecule has 0 atom stereocenters. The summed E-state index contributed by atoms with van der Waals surface area (Å²) in [5.41, 5.74) is 2.44. The lowest BCUT2D eigenvalue weighted by molar-refractivity contribution is 0.0600. The summed E-state index contributed by atoms with van der Waals surface area (Å²) in [5, 5.41) is 0. The molecule has 1 saturated heterocycles. The molecule has 0 aromatic heterocycles. The van der Waals surface area contributed by atoms with E-state index in [1.165, 1.54) is 11.4 Å². The zero-order chi connectivity index (χ0) is 21.3. The molecular weight excluding hydrogens is 404 g/mol. The molecule has 2 aromatic rings. The molecule has 2 aliphatic heterocycles. The molecule has 2 aromatic carbocycles. The third-order valence-corrected chi connectivity index (χ3v) is 7.57. The van der Waals surface area contributed by atoms with E-state index in [0.29, 0.717) is 35.7 Å². The minimum Gasteiger partial charge on any atom is -0.465 e. The molecule has 0 saturated carbocycles. The highest BCUT2D eigenvalue weighted by atomic mass is 32.2. The number of fused-ring (bicyclic) bond motifs is 1. The summed E-state index contributed by atoms with van der Waals surface area (Å²) in [6.45, 7) is 1.68. The quantitative estimate of drug-likeness (QED) is 0.700. The lowest BCUT2D eigenvalue weighted by Crippen LogP contribution is -2.35. The maximum absolute atomic E-state index is 13.1. The fourth-order valence-corrected chi connectivity index (χ4v) is 5.61. The second kappa shape index (κ2) is 8.20. The molecule has 0 bridgehead atoms. The number of rotatable bonds is 4. The van der Waals surface area contributed by atoms with Gasteiger partial charge in [-0.1, -0.05) is 0 Å². The Morgan fingerprint density at radius 3 is 2.23 bits per heavy atom. The number of hydrogen-bond acceptors (Lipinski definition) is 5. The summed E-state index contributed by atoms with van der Waals surface area (Å²) in [5.74, 6) is -0.633. The van der Waals surface area contributed by atoms with Gasteiger partial charge >= 0.3 is 5.97 Å². The summed E-state index contributed by atoms with van der Waals surface area (Å²) in [6, 6.07) is 11.4. The Morgan fingerprint density at radius 2 is 1.57 bits per heavy atom. The van der Waals surface area contributed by atoms with Crippen LogP contribution < -0.4 is 4.90 Å². The van der Waals surface area contributed by atoms with Crippen LogP contribution in [0.4, 0.5) is 5.69 Å². The Hall–Kier alpha value is -2.71. The van der Waals surface area contributed by atoms with E-state index in [0.717, 1.165) is 36.9 Å². The molecule has 0 aliphatic carbocycles. The van der Waals surface area contributed by atoms with Gasteiger partial charge in [-0.3, -0.25) is 4.79 Å². The number of methoxy groups -OCH3 is 1. The second-order valence-corrected chi connectivity index (χ2v) is 9.47. The summed E-state index contributed by atoms with van der Waals surface area (Å²) >= 11 is 0. The third-order valence-electron chi connectivity index (χ3n) is 5.67. The molecular formula is C22H24N2O5S. The average molecular weight is 429 g/mol. The SMILES string of the molecule is COC(=O)c1ccc(C(=O)N2CCCc3cc(S(=O)(=O)N4CCCC4)ccc32)cc1. The zero-order valence-corrected chi connectivity index (χ0v) is 17.7. The van der Waals surface area contributed by atoms with Gasteiger partial charge in [-0.25, -0.2) is 13.2 Å². The maximum Gasteiger partial charge on any atom is 0.337 e. The van der Waals surface area contributed by atoms with Gasteiger partial charge in [0.05, 0.1) is 17.6 Å². The molecule has 1 fully saturated rings. The number of carbonyl (C=O) groups is 2. The number of sulfonamides is 1. The van der Waals surface area contributed by atoms with Gasteiger partial charge in [-0.2, -0.15) is 4.31 Å². The van der Waals surface area contributed by atoms with Gasteiger partial charge in [-0.05, 0) is 73.7 Å². The monoisotopic (exact) mass is 428 g/mol. The van der Waals surface area contributed by atoms with Crippen LogP contribution in [-0.4, -0.2) is 51.3 Å². The van der Waals surface area contributed by atoms with Crippen LogP contribution in [0.1, 0.15) is 45.5 Å². The van der Waals surface area contributed by atoms with Gasteiger partial charge in [-0.15, -0.1) is 0 Å². The smallest absolute Gasteiger partial charge is 0.337 e. The summed E-state index contributed by atoms with van der Waals surface area (Å²) < 4.78 is 32.0. The molecule has 2 heterocycles. The minimum absolute atomic E-state index is 0.178. The predicted octanol–water partition coefficient (Wildman–Crippen LogP) is 2.85. The van der Waals surface area contributed by atoms with Crippen molar-refractivity contribution < 1.29 is 22.7 Å². The van der Waals surface area contributed by atoms with Crippen molar-refractivity contribution in [2.75, 3.05) is 31.6 Å². The third kappa shape index (κ3) is 3.73. The van der Waals surface area contributed by atoms with Gasteiger partial charge in [0.1, 0.15) is 0 Å². The van der Waals surface area contributed by atoms with Crippen LogP contribution in [0.15, 0.2) is 47.4 Å². The molecule has 0 spiro atoms. The Morgan fingerprint density at radius 1 is 0.900 bits per heavy atom. The van der Waals surface area contributed by atoms with Crippen LogP contribution >= 0.6 is 0 Å². The number of aryl methyl sites for hydroxylation is 1. The number of nitrogens with zero attached hydrogens (tertiary/aromatic N) is 2. The van der Waals surface area contributed by atoms with Crippen LogP contribution in [0.2, 0.25) is 0 Å². The lowest BCUT2D eigenvalue weighted by atomic mass is 10.0. The molecule has 0 unspecified atom stereocenters. The normalized spacial score (nSPS) is 16.9. The van der Waals surface area contributed by atoms with Gasteiger partial charge < -0.3 is 9.64 Å². The standard InChI is InChI=1S/C22H24N2O5S/c1-29-22(26)17-8-6-16(7-9-17)21(25)24-14-4-5-18-15-19(10-11-20(18)24)30(27,28)23-12-2-3-13-23/h6-11,15H,2-5,12-14H2,1H3. The zero-order valence-electron chi connectivity index (χ0n) is 16.8. The van der Waals surface area contributed by atoms with Crippen molar-refractivity contribution in [1.82, 2.24) is 4.31 Å². The summed E-state index contributed by atoms with van der Waals surface area (Å²) in [7, 11) is -2.18.